The summed E-state index contributed by atoms with van der Waals surface area (Å²) in [7, 11) is -0.837. The van der Waals surface area contributed by atoms with Crippen molar-refractivity contribution >= 4 is 38.9 Å². The van der Waals surface area contributed by atoms with Gasteiger partial charge in [-0.3, -0.25) is 9.69 Å². The van der Waals surface area contributed by atoms with Gasteiger partial charge in [0.25, 0.3) is 15.9 Å². The van der Waals surface area contributed by atoms with E-state index in [4.69, 9.17) is 14.2 Å². The number of rotatable bonds is 13. The average molecular weight is 533 g/mol. The molecule has 8 nitrogen and oxygen atoms in total. The van der Waals surface area contributed by atoms with Crippen LogP contribution >= 0.6 is 11.8 Å². The number of amidine groups is 1. The fraction of sp³-hybridized carbons (Fsp3) is 0.385. The predicted molar refractivity (Wildman–Crippen MR) is 143 cm³/mol. The Morgan fingerprint density at radius 1 is 1.00 bits per heavy atom. The van der Waals surface area contributed by atoms with Crippen molar-refractivity contribution in [1.82, 2.24) is 4.90 Å². The van der Waals surface area contributed by atoms with Gasteiger partial charge in [0.15, 0.2) is 16.7 Å². The zero-order valence-electron chi connectivity index (χ0n) is 20.8. The molecule has 1 fully saturated rings. The standard InChI is InChI=1S/C26H32N2O6S2/c1-4-5-9-17-34-22-14-13-20(18-23(22)33-3)19-24-25(29)28(15-10-16-32-2)26(35-24)27-36(30,31)21-11-7-6-8-12-21/h6-8,11-14,18-19H,4-5,9-10,15-17H2,1-3H3/b24-19-,27-26?. The van der Waals surface area contributed by atoms with Crippen molar-refractivity contribution in [3.05, 3.63) is 59.0 Å². The first kappa shape index (κ1) is 27.8. The van der Waals surface area contributed by atoms with Crippen molar-refractivity contribution in [2.24, 2.45) is 4.40 Å². The lowest BCUT2D eigenvalue weighted by Crippen LogP contribution is -2.31. The molecule has 0 radical (unpaired) electrons. The monoisotopic (exact) mass is 532 g/mol. The number of methoxy groups -OCH3 is 2. The smallest absolute Gasteiger partial charge is 0.284 e. The van der Waals surface area contributed by atoms with Crippen molar-refractivity contribution in [1.29, 1.82) is 0 Å². The second-order valence-electron chi connectivity index (χ2n) is 8.04. The highest BCUT2D eigenvalue weighted by molar-refractivity contribution is 8.19. The minimum atomic E-state index is -3.98. The first-order chi connectivity index (χ1) is 17.4. The third-order valence-corrected chi connectivity index (χ3v) is 7.75. The van der Waals surface area contributed by atoms with Crippen LogP contribution in [0.1, 0.15) is 38.2 Å². The highest BCUT2D eigenvalue weighted by Gasteiger charge is 2.34. The summed E-state index contributed by atoms with van der Waals surface area (Å²) >= 11 is 1.03. The number of hydrogen-bond donors (Lipinski definition) is 0. The molecule has 1 aliphatic rings. The zero-order valence-corrected chi connectivity index (χ0v) is 22.4. The molecule has 1 saturated heterocycles. The minimum Gasteiger partial charge on any atom is -0.493 e. The molecule has 0 unspecified atom stereocenters. The van der Waals surface area contributed by atoms with Crippen LogP contribution in [0.3, 0.4) is 0 Å². The molecule has 0 saturated carbocycles. The summed E-state index contributed by atoms with van der Waals surface area (Å²) in [5, 5.41) is 0.119. The topological polar surface area (TPSA) is 94.5 Å². The Hall–Kier alpha value is -2.82. The maximum absolute atomic E-state index is 13.2. The van der Waals surface area contributed by atoms with Gasteiger partial charge in [-0.1, -0.05) is 44.0 Å². The number of unbranched alkanes of at least 4 members (excludes halogenated alkanes) is 2. The normalized spacial score (nSPS) is 16.2. The van der Waals surface area contributed by atoms with Crippen molar-refractivity contribution in [2.45, 2.75) is 37.5 Å². The van der Waals surface area contributed by atoms with Crippen LogP contribution in [0, 0.1) is 0 Å². The van der Waals surface area contributed by atoms with E-state index in [9.17, 15) is 13.2 Å². The van der Waals surface area contributed by atoms with E-state index in [0.29, 0.717) is 36.0 Å². The fourth-order valence-corrected chi connectivity index (χ4v) is 5.69. The Labute approximate surface area is 217 Å². The number of thioether (sulfide) groups is 1. The molecular weight excluding hydrogens is 500 g/mol. The van der Waals surface area contributed by atoms with E-state index < -0.39 is 10.0 Å². The molecule has 1 heterocycles. The van der Waals surface area contributed by atoms with Crippen LogP contribution < -0.4 is 9.47 Å². The average Bonchev–Trinajstić information content (AvgIpc) is 3.16. The van der Waals surface area contributed by atoms with Gasteiger partial charge < -0.3 is 14.2 Å². The highest BCUT2D eigenvalue weighted by atomic mass is 32.2. The fourth-order valence-electron chi connectivity index (χ4n) is 3.47. The second kappa shape index (κ2) is 13.5. The van der Waals surface area contributed by atoms with Crippen LogP contribution in [0.25, 0.3) is 6.08 Å². The van der Waals surface area contributed by atoms with Crippen molar-refractivity contribution in [3.8, 4) is 11.5 Å². The van der Waals surface area contributed by atoms with Gasteiger partial charge in [0.05, 0.1) is 23.5 Å². The van der Waals surface area contributed by atoms with E-state index in [1.165, 1.54) is 17.0 Å². The molecule has 0 bridgehead atoms. The summed E-state index contributed by atoms with van der Waals surface area (Å²) in [4.78, 5) is 15.1. The number of amides is 1. The van der Waals surface area contributed by atoms with E-state index in [0.717, 1.165) is 36.6 Å². The molecule has 0 N–H and O–H groups in total. The number of benzene rings is 2. The van der Waals surface area contributed by atoms with Gasteiger partial charge in [0.2, 0.25) is 0 Å². The van der Waals surface area contributed by atoms with Gasteiger partial charge in [-0.25, -0.2) is 0 Å². The van der Waals surface area contributed by atoms with Crippen LogP contribution in [0.4, 0.5) is 0 Å². The lowest BCUT2D eigenvalue weighted by Gasteiger charge is -2.15. The minimum absolute atomic E-state index is 0.0686. The summed E-state index contributed by atoms with van der Waals surface area (Å²) in [5.41, 5.74) is 0.729. The Bertz CT molecular complexity index is 1200. The molecule has 1 amide bonds. The summed E-state index contributed by atoms with van der Waals surface area (Å²) in [6, 6.07) is 13.4. The SMILES string of the molecule is CCCCCOc1ccc(/C=C2\SC(=NS(=O)(=O)c3ccccc3)N(CCCOC)C2=O)cc1OC. The maximum Gasteiger partial charge on any atom is 0.284 e. The van der Waals surface area contributed by atoms with Gasteiger partial charge in [-0.05, 0) is 60.5 Å². The van der Waals surface area contributed by atoms with Crippen LogP contribution in [0.2, 0.25) is 0 Å². The van der Waals surface area contributed by atoms with Crippen molar-refractivity contribution in [2.75, 3.05) is 34.0 Å². The molecule has 1 aliphatic heterocycles. The molecule has 0 aliphatic carbocycles. The summed E-state index contributed by atoms with van der Waals surface area (Å²) < 4.78 is 46.2. The molecule has 2 aromatic carbocycles. The molecule has 0 aromatic heterocycles. The Morgan fingerprint density at radius 3 is 2.47 bits per heavy atom. The summed E-state index contributed by atoms with van der Waals surface area (Å²) in [6.45, 7) is 3.46. The number of nitrogens with zero attached hydrogens (tertiary/aromatic N) is 2. The molecule has 3 rings (SSSR count). The van der Waals surface area contributed by atoms with E-state index >= 15 is 0 Å². The van der Waals surface area contributed by atoms with Crippen molar-refractivity contribution < 1.29 is 27.4 Å². The van der Waals surface area contributed by atoms with E-state index in [-0.39, 0.29) is 22.5 Å². The Kier molecular flexibility index (Phi) is 10.4. The maximum atomic E-state index is 13.2. The lowest BCUT2D eigenvalue weighted by atomic mass is 10.2. The molecule has 2 aromatic rings. The highest BCUT2D eigenvalue weighted by Crippen LogP contribution is 2.35. The van der Waals surface area contributed by atoms with E-state index in [2.05, 4.69) is 11.3 Å². The third kappa shape index (κ3) is 7.35. The van der Waals surface area contributed by atoms with Gasteiger partial charge >= 0.3 is 0 Å². The first-order valence-corrected chi connectivity index (χ1v) is 14.1. The van der Waals surface area contributed by atoms with E-state index in [1.807, 2.05) is 12.1 Å². The number of ether oxygens (including phenoxy) is 3. The van der Waals surface area contributed by atoms with Crippen LogP contribution in [-0.2, 0) is 19.6 Å². The molecule has 0 atom stereocenters. The number of hydrogen-bond acceptors (Lipinski definition) is 7. The third-order valence-electron chi connectivity index (χ3n) is 5.35. The number of carbonyl (C=O) groups excluding carboxylic acids is 1. The second-order valence-corrected chi connectivity index (χ2v) is 10.7. The van der Waals surface area contributed by atoms with Gasteiger partial charge in [0, 0.05) is 20.3 Å². The first-order valence-electron chi connectivity index (χ1n) is 11.8. The Morgan fingerprint density at radius 2 is 1.78 bits per heavy atom. The molecule has 194 valence electrons. The van der Waals surface area contributed by atoms with Crippen molar-refractivity contribution in [3.63, 3.8) is 0 Å². The molecule has 0 spiro atoms. The Balaban J connectivity index is 1.88. The number of carbonyl (C=O) groups is 1. The molecule has 10 heteroatoms. The largest absolute Gasteiger partial charge is 0.493 e. The van der Waals surface area contributed by atoms with E-state index in [1.54, 1.807) is 44.6 Å². The summed E-state index contributed by atoms with van der Waals surface area (Å²) in [6.07, 6.45) is 5.41. The van der Waals surface area contributed by atoms with Crippen LogP contribution in [0.15, 0.2) is 62.7 Å². The molecular formula is C26H32N2O6S2. The van der Waals surface area contributed by atoms with Gasteiger partial charge in [-0.2, -0.15) is 8.42 Å². The van der Waals surface area contributed by atoms with Gasteiger partial charge in [-0.15, -0.1) is 4.40 Å². The predicted octanol–water partition coefficient (Wildman–Crippen LogP) is 4.96. The van der Waals surface area contributed by atoms with Gasteiger partial charge in [0.1, 0.15) is 0 Å². The van der Waals surface area contributed by atoms with Crippen LogP contribution in [-0.4, -0.2) is 58.4 Å². The van der Waals surface area contributed by atoms with Crippen LogP contribution in [0.5, 0.6) is 11.5 Å². The summed E-state index contributed by atoms with van der Waals surface area (Å²) in [5.74, 6) is 0.893. The number of sulfonamides is 1. The quantitative estimate of drug-likeness (QED) is 0.266. The lowest BCUT2D eigenvalue weighted by molar-refractivity contribution is -0.122. The zero-order chi connectivity index (χ0) is 26.0. The molecule has 36 heavy (non-hydrogen) atoms.